The number of benzene rings is 1. The zero-order chi connectivity index (χ0) is 19.2. The number of rotatable bonds is 6. The molecule has 0 atom stereocenters. The Morgan fingerprint density at radius 3 is 2.39 bits per heavy atom. The summed E-state index contributed by atoms with van der Waals surface area (Å²) < 4.78 is 0. The third-order valence-electron chi connectivity index (χ3n) is 5.13. The number of pyridine rings is 1. The molecule has 0 spiro atoms. The maximum Gasteiger partial charge on any atom is 0.225 e. The maximum atomic E-state index is 4.82. The van der Waals surface area contributed by atoms with Crippen LogP contribution >= 0.6 is 0 Å². The molecule has 0 aliphatic carbocycles. The second-order valence-electron chi connectivity index (χ2n) is 6.93. The van der Waals surface area contributed by atoms with Crippen molar-refractivity contribution in [2.45, 2.75) is 13.5 Å². The van der Waals surface area contributed by atoms with Crippen molar-refractivity contribution in [3.05, 3.63) is 66.5 Å². The summed E-state index contributed by atoms with van der Waals surface area (Å²) in [6.45, 7) is 8.11. The summed E-state index contributed by atoms with van der Waals surface area (Å²) in [4.78, 5) is 18.5. The zero-order valence-electron chi connectivity index (χ0n) is 16.3. The Kier molecular flexibility index (Phi) is 5.77. The van der Waals surface area contributed by atoms with Gasteiger partial charge in [0.2, 0.25) is 5.95 Å². The first-order valence-electron chi connectivity index (χ1n) is 9.86. The van der Waals surface area contributed by atoms with E-state index in [0.29, 0.717) is 12.5 Å². The van der Waals surface area contributed by atoms with Gasteiger partial charge in [0.1, 0.15) is 5.82 Å². The van der Waals surface area contributed by atoms with Gasteiger partial charge < -0.3 is 15.1 Å². The van der Waals surface area contributed by atoms with Crippen LogP contribution in [0, 0.1) is 0 Å². The lowest BCUT2D eigenvalue weighted by Crippen LogP contribution is -2.46. The van der Waals surface area contributed by atoms with Gasteiger partial charge >= 0.3 is 0 Å². The van der Waals surface area contributed by atoms with Gasteiger partial charge in [0.05, 0.1) is 5.69 Å². The monoisotopic (exact) mass is 374 g/mol. The Labute approximate surface area is 166 Å². The molecule has 1 aromatic carbocycles. The molecule has 6 nitrogen and oxygen atoms in total. The zero-order valence-corrected chi connectivity index (χ0v) is 16.3. The summed E-state index contributed by atoms with van der Waals surface area (Å²) in [6.07, 6.45) is 3.60. The van der Waals surface area contributed by atoms with Gasteiger partial charge in [-0.3, -0.25) is 4.98 Å². The van der Waals surface area contributed by atoms with E-state index in [4.69, 9.17) is 9.97 Å². The number of likely N-dealkylation sites (N-methyl/N-ethyl adjacent to an activating group) is 1. The van der Waals surface area contributed by atoms with Crippen molar-refractivity contribution in [3.63, 3.8) is 0 Å². The molecule has 1 fully saturated rings. The smallest absolute Gasteiger partial charge is 0.225 e. The average Bonchev–Trinajstić information content (AvgIpc) is 2.79. The Bertz CT molecular complexity index is 876. The second-order valence-corrected chi connectivity index (χ2v) is 6.93. The highest BCUT2D eigenvalue weighted by atomic mass is 15.3. The fraction of sp³-hybridized carbons (Fsp3) is 0.318. The topological polar surface area (TPSA) is 57.2 Å². The van der Waals surface area contributed by atoms with Crippen molar-refractivity contribution in [3.8, 4) is 11.3 Å². The van der Waals surface area contributed by atoms with E-state index in [0.717, 1.165) is 55.4 Å². The van der Waals surface area contributed by atoms with E-state index >= 15 is 0 Å². The molecule has 0 saturated carbocycles. The van der Waals surface area contributed by atoms with Crippen LogP contribution in [0.25, 0.3) is 11.3 Å². The second kappa shape index (κ2) is 8.80. The highest BCUT2D eigenvalue weighted by molar-refractivity contribution is 5.65. The number of aromatic nitrogens is 3. The summed E-state index contributed by atoms with van der Waals surface area (Å²) >= 11 is 0. The molecule has 4 rings (SSSR count). The first-order chi connectivity index (χ1) is 13.8. The van der Waals surface area contributed by atoms with Crippen LogP contribution in [0.5, 0.6) is 0 Å². The first-order valence-corrected chi connectivity index (χ1v) is 9.86. The van der Waals surface area contributed by atoms with Crippen LogP contribution in [-0.4, -0.2) is 52.6 Å². The third kappa shape index (κ3) is 4.46. The number of nitrogens with one attached hydrogen (secondary N) is 1. The Hall–Kier alpha value is -2.99. The van der Waals surface area contributed by atoms with Gasteiger partial charge in [-0.25, -0.2) is 4.98 Å². The maximum absolute atomic E-state index is 4.82. The van der Waals surface area contributed by atoms with Crippen LogP contribution < -0.4 is 10.2 Å². The van der Waals surface area contributed by atoms with Crippen molar-refractivity contribution in [2.24, 2.45) is 0 Å². The van der Waals surface area contributed by atoms with E-state index in [1.165, 1.54) is 0 Å². The quantitative estimate of drug-likeness (QED) is 0.714. The van der Waals surface area contributed by atoms with Gasteiger partial charge in [0.25, 0.3) is 0 Å². The largest absolute Gasteiger partial charge is 0.354 e. The van der Waals surface area contributed by atoms with Gasteiger partial charge in [-0.15, -0.1) is 0 Å². The molecule has 0 amide bonds. The van der Waals surface area contributed by atoms with Crippen molar-refractivity contribution in [2.75, 3.05) is 42.9 Å². The Morgan fingerprint density at radius 2 is 1.68 bits per heavy atom. The van der Waals surface area contributed by atoms with Crippen LogP contribution in [0.2, 0.25) is 0 Å². The van der Waals surface area contributed by atoms with Gasteiger partial charge in [0, 0.05) is 56.7 Å². The molecule has 28 heavy (non-hydrogen) atoms. The minimum Gasteiger partial charge on any atom is -0.354 e. The van der Waals surface area contributed by atoms with Gasteiger partial charge in [-0.05, 0) is 24.2 Å². The van der Waals surface area contributed by atoms with E-state index in [9.17, 15) is 0 Å². The lowest BCUT2D eigenvalue weighted by atomic mass is 10.1. The molecule has 1 N–H and O–H groups in total. The van der Waals surface area contributed by atoms with E-state index in [1.54, 1.807) is 12.4 Å². The highest BCUT2D eigenvalue weighted by Gasteiger charge is 2.18. The summed E-state index contributed by atoms with van der Waals surface area (Å²) in [5.41, 5.74) is 3.20. The summed E-state index contributed by atoms with van der Waals surface area (Å²) in [5, 5.41) is 3.38. The van der Waals surface area contributed by atoms with E-state index in [1.807, 2.05) is 30.3 Å². The van der Waals surface area contributed by atoms with Gasteiger partial charge in [-0.2, -0.15) is 4.98 Å². The van der Waals surface area contributed by atoms with E-state index in [-0.39, 0.29) is 0 Å². The first kappa shape index (κ1) is 18.4. The van der Waals surface area contributed by atoms with Crippen molar-refractivity contribution < 1.29 is 0 Å². The predicted octanol–water partition coefficient (Wildman–Crippen LogP) is 3.29. The standard InChI is InChI=1S/C22H26N6/c1-2-27-12-14-28(15-13-27)21-16-20(19-6-4-3-5-7-19)25-22(26-21)24-17-18-8-10-23-11-9-18/h3-11,16H,2,12-15,17H2,1H3,(H,24,25,26). The van der Waals surface area contributed by atoms with Gasteiger partial charge in [0.15, 0.2) is 0 Å². The van der Waals surface area contributed by atoms with E-state index < -0.39 is 0 Å². The number of piperazine rings is 1. The molecule has 3 heterocycles. The number of nitrogens with zero attached hydrogens (tertiary/aromatic N) is 5. The molecular weight excluding hydrogens is 348 g/mol. The Balaban J connectivity index is 1.59. The highest BCUT2D eigenvalue weighted by Crippen LogP contribution is 2.24. The normalized spacial score (nSPS) is 14.8. The number of hydrogen-bond donors (Lipinski definition) is 1. The molecule has 0 radical (unpaired) electrons. The average molecular weight is 374 g/mol. The van der Waals surface area contributed by atoms with Crippen LogP contribution in [0.15, 0.2) is 60.9 Å². The third-order valence-corrected chi connectivity index (χ3v) is 5.13. The van der Waals surface area contributed by atoms with Crippen LogP contribution in [0.1, 0.15) is 12.5 Å². The predicted molar refractivity (Wildman–Crippen MR) is 113 cm³/mol. The summed E-state index contributed by atoms with van der Waals surface area (Å²) in [5.74, 6) is 1.65. The molecule has 1 aliphatic heterocycles. The fourth-order valence-electron chi connectivity index (χ4n) is 3.41. The van der Waals surface area contributed by atoms with Crippen LogP contribution in [0.3, 0.4) is 0 Å². The summed E-state index contributed by atoms with van der Waals surface area (Å²) in [6, 6.07) is 16.4. The molecule has 1 aliphatic rings. The molecule has 0 bridgehead atoms. The number of hydrogen-bond acceptors (Lipinski definition) is 6. The molecular formula is C22H26N6. The molecule has 6 heteroatoms. The van der Waals surface area contributed by atoms with Crippen molar-refractivity contribution in [1.29, 1.82) is 0 Å². The molecule has 3 aromatic rings. The van der Waals surface area contributed by atoms with Crippen LogP contribution in [0.4, 0.5) is 11.8 Å². The molecule has 2 aromatic heterocycles. The lowest BCUT2D eigenvalue weighted by Gasteiger charge is -2.35. The molecule has 0 unspecified atom stereocenters. The number of anilines is 2. The summed E-state index contributed by atoms with van der Waals surface area (Å²) in [7, 11) is 0. The van der Waals surface area contributed by atoms with Crippen molar-refractivity contribution >= 4 is 11.8 Å². The molecule has 1 saturated heterocycles. The SMILES string of the molecule is CCN1CCN(c2cc(-c3ccccc3)nc(NCc3ccncc3)n2)CC1. The minimum atomic E-state index is 0.658. The van der Waals surface area contributed by atoms with E-state index in [2.05, 4.69) is 45.2 Å². The fourth-order valence-corrected chi connectivity index (χ4v) is 3.41. The van der Waals surface area contributed by atoms with Crippen molar-refractivity contribution in [1.82, 2.24) is 19.9 Å². The lowest BCUT2D eigenvalue weighted by molar-refractivity contribution is 0.270. The minimum absolute atomic E-state index is 0.658. The van der Waals surface area contributed by atoms with Gasteiger partial charge in [-0.1, -0.05) is 37.3 Å². The molecule has 144 valence electrons. The van der Waals surface area contributed by atoms with Crippen LogP contribution in [-0.2, 0) is 6.54 Å². The Morgan fingerprint density at radius 1 is 0.929 bits per heavy atom.